The van der Waals surface area contributed by atoms with Crippen LogP contribution in [0.15, 0.2) is 30.3 Å². The smallest absolute Gasteiger partial charge is 0.152 e. The summed E-state index contributed by atoms with van der Waals surface area (Å²) in [5.41, 5.74) is 1.09. The first-order valence-corrected chi connectivity index (χ1v) is 4.71. The fourth-order valence-electron chi connectivity index (χ4n) is 0.817. The van der Waals surface area contributed by atoms with Crippen LogP contribution in [-0.4, -0.2) is 5.78 Å². The highest BCUT2D eigenvalue weighted by atomic mass is 127. The minimum absolute atomic E-state index is 0.0784. The lowest BCUT2D eigenvalue weighted by Crippen LogP contribution is -1.82. The van der Waals surface area contributed by atoms with E-state index in [1.807, 2.05) is 30.3 Å². The molecular weight excluding hydrogens is 263 g/mol. The van der Waals surface area contributed by atoms with Gasteiger partial charge in [-0.25, -0.2) is 0 Å². The molecule has 0 saturated heterocycles. The Balaban J connectivity index is 2.89. The summed E-state index contributed by atoms with van der Waals surface area (Å²) in [6, 6.07) is 7.94. The average molecular weight is 272 g/mol. The quantitative estimate of drug-likeness (QED) is 0.597. The van der Waals surface area contributed by atoms with Gasteiger partial charge in [0.2, 0.25) is 0 Å². The first-order chi connectivity index (χ1) is 5.70. The Labute approximate surface area is 85.6 Å². The highest BCUT2D eigenvalue weighted by molar-refractivity contribution is 14.1. The molecule has 0 aliphatic carbocycles. The average Bonchev–Trinajstić information content (AvgIpc) is 2.03. The lowest BCUT2D eigenvalue weighted by Gasteiger charge is -1.95. The van der Waals surface area contributed by atoms with E-state index in [1.54, 1.807) is 13.0 Å². The summed E-state index contributed by atoms with van der Waals surface area (Å²) in [4.78, 5) is 10.6. The van der Waals surface area contributed by atoms with Gasteiger partial charge in [0.25, 0.3) is 0 Å². The van der Waals surface area contributed by atoms with E-state index in [1.165, 1.54) is 0 Å². The lowest BCUT2D eigenvalue weighted by atomic mass is 10.2. The van der Waals surface area contributed by atoms with Crippen molar-refractivity contribution in [2.45, 2.75) is 6.92 Å². The third-order valence-electron chi connectivity index (χ3n) is 1.40. The second-order valence-corrected chi connectivity index (χ2v) is 3.63. The van der Waals surface area contributed by atoms with E-state index < -0.39 is 0 Å². The zero-order chi connectivity index (χ0) is 8.97. The van der Waals surface area contributed by atoms with Gasteiger partial charge in [0.15, 0.2) is 5.78 Å². The molecule has 0 aliphatic heterocycles. The maximum absolute atomic E-state index is 10.6. The number of rotatable bonds is 2. The molecule has 0 fully saturated rings. The van der Waals surface area contributed by atoms with Gasteiger partial charge < -0.3 is 0 Å². The number of carbonyl (C=O) groups is 1. The molecule has 0 spiro atoms. The van der Waals surface area contributed by atoms with E-state index in [4.69, 9.17) is 0 Å². The van der Waals surface area contributed by atoms with E-state index in [0.29, 0.717) is 0 Å². The number of halogens is 1. The summed E-state index contributed by atoms with van der Waals surface area (Å²) in [6.45, 7) is 1.55. The largest absolute Gasteiger partial charge is 0.295 e. The molecule has 1 aromatic rings. The van der Waals surface area contributed by atoms with Crippen LogP contribution in [0.3, 0.4) is 0 Å². The Kier molecular flexibility index (Phi) is 3.47. The van der Waals surface area contributed by atoms with E-state index in [2.05, 4.69) is 22.6 Å². The third kappa shape index (κ3) is 2.77. The molecule has 0 aromatic heterocycles. The minimum atomic E-state index is 0.0784. The minimum Gasteiger partial charge on any atom is -0.295 e. The molecule has 0 unspecified atom stereocenters. The van der Waals surface area contributed by atoms with E-state index >= 15 is 0 Å². The van der Waals surface area contributed by atoms with Crippen molar-refractivity contribution in [2.24, 2.45) is 0 Å². The molecule has 0 aliphatic rings. The van der Waals surface area contributed by atoms with Crippen LogP contribution in [0, 0.1) is 3.57 Å². The number of hydrogen-bond donors (Lipinski definition) is 0. The van der Waals surface area contributed by atoms with Crippen LogP contribution in [-0.2, 0) is 4.79 Å². The van der Waals surface area contributed by atoms with Crippen molar-refractivity contribution in [1.82, 2.24) is 0 Å². The van der Waals surface area contributed by atoms with Crippen LogP contribution in [0.2, 0.25) is 0 Å². The third-order valence-corrected chi connectivity index (χ3v) is 2.39. The van der Waals surface area contributed by atoms with E-state index in [9.17, 15) is 4.79 Å². The molecule has 0 N–H and O–H groups in total. The van der Waals surface area contributed by atoms with Crippen molar-refractivity contribution in [1.29, 1.82) is 0 Å². The van der Waals surface area contributed by atoms with Crippen LogP contribution in [0.5, 0.6) is 0 Å². The van der Waals surface area contributed by atoms with Gasteiger partial charge in [-0.3, -0.25) is 4.79 Å². The van der Waals surface area contributed by atoms with Crippen LogP contribution >= 0.6 is 22.6 Å². The monoisotopic (exact) mass is 272 g/mol. The van der Waals surface area contributed by atoms with Crippen molar-refractivity contribution in [2.75, 3.05) is 0 Å². The maximum Gasteiger partial charge on any atom is 0.152 e. The SMILES string of the molecule is CC(=O)/C=C/c1ccccc1I. The molecule has 0 saturated carbocycles. The zero-order valence-corrected chi connectivity index (χ0v) is 8.91. The van der Waals surface area contributed by atoms with Crippen LogP contribution in [0.1, 0.15) is 12.5 Å². The van der Waals surface area contributed by atoms with Gasteiger partial charge in [-0.05, 0) is 47.2 Å². The van der Waals surface area contributed by atoms with Crippen molar-refractivity contribution in [3.63, 3.8) is 0 Å². The molecule has 12 heavy (non-hydrogen) atoms. The summed E-state index contributed by atoms with van der Waals surface area (Å²) in [5.74, 6) is 0.0784. The molecule has 0 radical (unpaired) electrons. The second kappa shape index (κ2) is 4.40. The molecule has 0 atom stereocenters. The molecule has 0 bridgehead atoms. The Bertz CT molecular complexity index is 315. The second-order valence-electron chi connectivity index (χ2n) is 2.47. The van der Waals surface area contributed by atoms with Crippen molar-refractivity contribution in [3.8, 4) is 0 Å². The van der Waals surface area contributed by atoms with Gasteiger partial charge >= 0.3 is 0 Å². The van der Waals surface area contributed by atoms with Crippen LogP contribution < -0.4 is 0 Å². The Morgan fingerprint density at radius 3 is 2.67 bits per heavy atom. The first kappa shape index (κ1) is 9.45. The van der Waals surface area contributed by atoms with Gasteiger partial charge in [-0.1, -0.05) is 24.3 Å². The summed E-state index contributed by atoms with van der Waals surface area (Å²) in [5, 5.41) is 0. The van der Waals surface area contributed by atoms with Gasteiger partial charge in [-0.15, -0.1) is 0 Å². The standard InChI is InChI=1S/C10H9IO/c1-8(12)6-7-9-4-2-3-5-10(9)11/h2-7H,1H3/b7-6+. The zero-order valence-electron chi connectivity index (χ0n) is 6.75. The van der Waals surface area contributed by atoms with Gasteiger partial charge in [-0.2, -0.15) is 0 Å². The fourth-order valence-corrected chi connectivity index (χ4v) is 1.38. The van der Waals surface area contributed by atoms with Crippen LogP contribution in [0.25, 0.3) is 6.08 Å². The van der Waals surface area contributed by atoms with Crippen molar-refractivity contribution >= 4 is 34.5 Å². The summed E-state index contributed by atoms with van der Waals surface area (Å²) in [6.07, 6.45) is 3.42. The lowest BCUT2D eigenvalue weighted by molar-refractivity contribution is -0.112. The molecule has 1 nitrogen and oxygen atoms in total. The summed E-state index contributed by atoms with van der Waals surface area (Å²) in [7, 11) is 0. The highest BCUT2D eigenvalue weighted by Gasteiger charge is 1.92. The summed E-state index contributed by atoms with van der Waals surface area (Å²) >= 11 is 2.24. The number of allylic oxidation sites excluding steroid dienone is 1. The maximum atomic E-state index is 10.6. The molecule has 0 amide bonds. The predicted molar refractivity (Wildman–Crippen MR) is 58.9 cm³/mol. The molecule has 0 heterocycles. The molecule has 1 aromatic carbocycles. The molecule has 2 heteroatoms. The Hall–Kier alpha value is -0.640. The fraction of sp³-hybridized carbons (Fsp3) is 0.100. The topological polar surface area (TPSA) is 17.1 Å². The normalized spacial score (nSPS) is 10.5. The van der Waals surface area contributed by atoms with Crippen molar-refractivity contribution in [3.05, 3.63) is 39.5 Å². The van der Waals surface area contributed by atoms with Gasteiger partial charge in [0.1, 0.15) is 0 Å². The van der Waals surface area contributed by atoms with Gasteiger partial charge in [0.05, 0.1) is 0 Å². The molecular formula is C10H9IO. The Morgan fingerprint density at radius 1 is 1.42 bits per heavy atom. The predicted octanol–water partition coefficient (Wildman–Crippen LogP) is 2.89. The number of hydrogen-bond acceptors (Lipinski definition) is 1. The molecule has 1 rings (SSSR count). The number of carbonyl (C=O) groups excluding carboxylic acids is 1. The highest BCUT2D eigenvalue weighted by Crippen LogP contribution is 2.12. The van der Waals surface area contributed by atoms with Crippen LogP contribution in [0.4, 0.5) is 0 Å². The number of ketones is 1. The van der Waals surface area contributed by atoms with E-state index in [-0.39, 0.29) is 5.78 Å². The number of benzene rings is 1. The summed E-state index contributed by atoms with van der Waals surface area (Å²) < 4.78 is 1.16. The Morgan fingerprint density at radius 2 is 2.08 bits per heavy atom. The van der Waals surface area contributed by atoms with Crippen molar-refractivity contribution < 1.29 is 4.79 Å². The molecule has 62 valence electrons. The first-order valence-electron chi connectivity index (χ1n) is 3.63. The van der Waals surface area contributed by atoms with E-state index in [0.717, 1.165) is 9.13 Å². The van der Waals surface area contributed by atoms with Gasteiger partial charge in [0, 0.05) is 3.57 Å².